The summed E-state index contributed by atoms with van der Waals surface area (Å²) in [5.41, 5.74) is 1.26. The maximum absolute atomic E-state index is 12.4. The van der Waals surface area contributed by atoms with Crippen molar-refractivity contribution >= 4 is 11.8 Å². The molecule has 0 spiro atoms. The fourth-order valence-corrected chi connectivity index (χ4v) is 4.58. The molecule has 148 valence electrons. The van der Waals surface area contributed by atoms with Gasteiger partial charge in [0, 0.05) is 31.7 Å². The van der Waals surface area contributed by atoms with Gasteiger partial charge in [-0.1, -0.05) is 30.3 Å². The molecule has 0 amide bonds. The van der Waals surface area contributed by atoms with E-state index in [1.165, 1.54) is 18.4 Å². The predicted molar refractivity (Wildman–Crippen MR) is 110 cm³/mol. The van der Waals surface area contributed by atoms with Crippen molar-refractivity contribution in [3.8, 4) is 0 Å². The number of hydrogen-bond acceptors (Lipinski definition) is 5. The zero-order chi connectivity index (χ0) is 18.9. The molecule has 2 atom stereocenters. The lowest BCUT2D eigenvalue weighted by Gasteiger charge is -2.34. The van der Waals surface area contributed by atoms with Crippen LogP contribution in [-0.2, 0) is 11.2 Å². The quantitative estimate of drug-likeness (QED) is 0.864. The van der Waals surface area contributed by atoms with E-state index in [1.807, 2.05) is 0 Å². The lowest BCUT2D eigenvalue weighted by Crippen LogP contribution is -2.44. The standard InChI is InChI=1S/C22H28N4O2/c27-21-14-20(25-11-12-28-19(15-25)17-8-9-17)23-22(24-21)26-10-4-7-18(26)13-16-5-2-1-3-6-16/h1-3,5-6,14,17-19H,4,7-13,15H2,(H,23,24,27)/t18-,19?/m1/s1. The highest BCUT2D eigenvalue weighted by Gasteiger charge is 2.36. The maximum atomic E-state index is 12.4. The van der Waals surface area contributed by atoms with Crippen LogP contribution < -0.4 is 15.4 Å². The van der Waals surface area contributed by atoms with Gasteiger partial charge in [0.15, 0.2) is 0 Å². The molecule has 6 heteroatoms. The molecule has 1 aromatic carbocycles. The van der Waals surface area contributed by atoms with Crippen LogP contribution in [0.1, 0.15) is 31.2 Å². The number of anilines is 2. The summed E-state index contributed by atoms with van der Waals surface area (Å²) in [6.07, 6.45) is 6.06. The Kier molecular flexibility index (Phi) is 4.81. The Balaban J connectivity index is 1.36. The van der Waals surface area contributed by atoms with Gasteiger partial charge in [0.25, 0.3) is 5.56 Å². The molecule has 1 N–H and O–H groups in total. The van der Waals surface area contributed by atoms with E-state index in [2.05, 4.69) is 45.1 Å². The van der Waals surface area contributed by atoms with Crippen molar-refractivity contribution in [1.82, 2.24) is 9.97 Å². The lowest BCUT2D eigenvalue weighted by molar-refractivity contribution is 0.0261. The Morgan fingerprint density at radius 3 is 2.82 bits per heavy atom. The largest absolute Gasteiger partial charge is 0.374 e. The molecule has 5 rings (SSSR count). The van der Waals surface area contributed by atoms with Gasteiger partial charge in [0.2, 0.25) is 5.95 Å². The van der Waals surface area contributed by atoms with E-state index >= 15 is 0 Å². The first-order chi connectivity index (χ1) is 13.8. The normalized spacial score (nSPS) is 25.3. The first-order valence-corrected chi connectivity index (χ1v) is 10.5. The third-order valence-electron chi connectivity index (χ3n) is 6.24. The summed E-state index contributed by atoms with van der Waals surface area (Å²) in [6, 6.07) is 12.6. The van der Waals surface area contributed by atoms with Crippen LogP contribution in [0.4, 0.5) is 11.8 Å². The van der Waals surface area contributed by atoms with E-state index in [9.17, 15) is 4.79 Å². The minimum absolute atomic E-state index is 0.0696. The van der Waals surface area contributed by atoms with Gasteiger partial charge in [-0.3, -0.25) is 9.78 Å². The fraction of sp³-hybridized carbons (Fsp3) is 0.545. The van der Waals surface area contributed by atoms with Crippen LogP contribution >= 0.6 is 0 Å². The molecule has 28 heavy (non-hydrogen) atoms. The van der Waals surface area contributed by atoms with Crippen molar-refractivity contribution in [2.24, 2.45) is 5.92 Å². The van der Waals surface area contributed by atoms with Crippen molar-refractivity contribution in [2.45, 2.75) is 44.2 Å². The SMILES string of the molecule is O=c1cc(N2CCOC(C3CC3)C2)nc(N2CCC[C@@H]2Cc2ccccc2)[nH]1. The number of nitrogens with zero attached hydrogens (tertiary/aromatic N) is 3. The van der Waals surface area contributed by atoms with Gasteiger partial charge in [-0.25, -0.2) is 0 Å². The number of hydrogen-bond donors (Lipinski definition) is 1. The molecule has 3 heterocycles. The number of nitrogens with one attached hydrogen (secondary N) is 1. The number of aromatic nitrogens is 2. The second kappa shape index (κ2) is 7.59. The fourth-order valence-electron chi connectivity index (χ4n) is 4.58. The topological polar surface area (TPSA) is 61.5 Å². The number of morpholine rings is 1. The van der Waals surface area contributed by atoms with E-state index < -0.39 is 0 Å². The van der Waals surface area contributed by atoms with Crippen LogP contribution in [0.5, 0.6) is 0 Å². The van der Waals surface area contributed by atoms with E-state index in [4.69, 9.17) is 9.72 Å². The Hall–Kier alpha value is -2.34. The summed E-state index contributed by atoms with van der Waals surface area (Å²) in [4.78, 5) is 24.8. The van der Waals surface area contributed by atoms with Crippen LogP contribution in [0, 0.1) is 5.92 Å². The number of aromatic amines is 1. The summed E-state index contributed by atoms with van der Waals surface area (Å²) in [5, 5.41) is 0. The summed E-state index contributed by atoms with van der Waals surface area (Å²) >= 11 is 0. The number of rotatable bonds is 5. The Morgan fingerprint density at radius 1 is 1.14 bits per heavy atom. The average molecular weight is 380 g/mol. The summed E-state index contributed by atoms with van der Waals surface area (Å²) < 4.78 is 5.93. The Labute approximate surface area is 165 Å². The van der Waals surface area contributed by atoms with Crippen molar-refractivity contribution in [1.29, 1.82) is 0 Å². The van der Waals surface area contributed by atoms with Crippen molar-refractivity contribution in [3.63, 3.8) is 0 Å². The second-order valence-electron chi connectivity index (χ2n) is 8.30. The highest BCUT2D eigenvalue weighted by molar-refractivity contribution is 5.45. The van der Waals surface area contributed by atoms with Crippen LogP contribution in [0.25, 0.3) is 0 Å². The first kappa shape index (κ1) is 17.7. The van der Waals surface area contributed by atoms with Crippen LogP contribution in [0.2, 0.25) is 0 Å². The van der Waals surface area contributed by atoms with Gasteiger partial charge in [0.1, 0.15) is 5.82 Å². The van der Waals surface area contributed by atoms with E-state index in [0.29, 0.717) is 18.6 Å². The third kappa shape index (κ3) is 3.78. The monoisotopic (exact) mass is 380 g/mol. The predicted octanol–water partition coefficient (Wildman–Crippen LogP) is 2.60. The third-order valence-corrected chi connectivity index (χ3v) is 6.24. The molecule has 0 radical (unpaired) electrons. The molecule has 1 unspecified atom stereocenters. The van der Waals surface area contributed by atoms with E-state index in [1.54, 1.807) is 6.07 Å². The zero-order valence-electron chi connectivity index (χ0n) is 16.2. The molecular formula is C22H28N4O2. The molecule has 3 aliphatic rings. The molecule has 6 nitrogen and oxygen atoms in total. The van der Waals surface area contributed by atoms with Gasteiger partial charge in [-0.2, -0.15) is 4.98 Å². The molecular weight excluding hydrogens is 352 g/mol. The van der Waals surface area contributed by atoms with E-state index in [0.717, 1.165) is 50.7 Å². The van der Waals surface area contributed by atoms with Crippen LogP contribution in [-0.4, -0.2) is 48.4 Å². The Bertz CT molecular complexity index is 864. The molecule has 1 saturated carbocycles. The average Bonchev–Trinajstić information content (AvgIpc) is 3.48. The minimum Gasteiger partial charge on any atom is -0.374 e. The van der Waals surface area contributed by atoms with Gasteiger partial charge < -0.3 is 14.5 Å². The smallest absolute Gasteiger partial charge is 0.254 e. The van der Waals surface area contributed by atoms with Crippen LogP contribution in [0.3, 0.4) is 0 Å². The Morgan fingerprint density at radius 2 is 2.00 bits per heavy atom. The lowest BCUT2D eigenvalue weighted by atomic mass is 10.0. The van der Waals surface area contributed by atoms with Gasteiger partial charge in [-0.05, 0) is 43.6 Å². The molecule has 1 aliphatic carbocycles. The number of benzene rings is 1. The molecule has 2 aliphatic heterocycles. The molecule has 0 bridgehead atoms. The van der Waals surface area contributed by atoms with Crippen molar-refractivity contribution in [3.05, 3.63) is 52.3 Å². The number of ether oxygens (including phenoxy) is 1. The van der Waals surface area contributed by atoms with Gasteiger partial charge in [0.05, 0.1) is 12.7 Å². The number of H-pyrrole nitrogens is 1. The van der Waals surface area contributed by atoms with Crippen molar-refractivity contribution in [2.75, 3.05) is 36.0 Å². The summed E-state index contributed by atoms with van der Waals surface area (Å²) in [7, 11) is 0. The van der Waals surface area contributed by atoms with Gasteiger partial charge >= 0.3 is 0 Å². The first-order valence-electron chi connectivity index (χ1n) is 10.5. The molecule has 1 aromatic heterocycles. The molecule has 2 aromatic rings. The maximum Gasteiger partial charge on any atom is 0.254 e. The molecule has 3 fully saturated rings. The second-order valence-corrected chi connectivity index (χ2v) is 8.30. The van der Waals surface area contributed by atoms with Crippen molar-refractivity contribution < 1.29 is 4.74 Å². The summed E-state index contributed by atoms with van der Waals surface area (Å²) in [5.74, 6) is 2.20. The van der Waals surface area contributed by atoms with Gasteiger partial charge in [-0.15, -0.1) is 0 Å². The minimum atomic E-state index is -0.0696. The van der Waals surface area contributed by atoms with E-state index in [-0.39, 0.29) is 11.7 Å². The summed E-state index contributed by atoms with van der Waals surface area (Å²) in [6.45, 7) is 3.30. The van der Waals surface area contributed by atoms with Crippen LogP contribution in [0.15, 0.2) is 41.2 Å². The highest BCUT2D eigenvalue weighted by Crippen LogP contribution is 2.36. The highest BCUT2D eigenvalue weighted by atomic mass is 16.5. The zero-order valence-corrected chi connectivity index (χ0v) is 16.2. The molecule has 2 saturated heterocycles.